The summed E-state index contributed by atoms with van der Waals surface area (Å²) in [6, 6.07) is 4.19. The Morgan fingerprint density at radius 3 is 2.54 bits per heavy atom. The quantitative estimate of drug-likeness (QED) is 0.372. The summed E-state index contributed by atoms with van der Waals surface area (Å²) in [6.45, 7) is 8.32. The van der Waals surface area contributed by atoms with Gasteiger partial charge in [-0.3, -0.25) is 0 Å². The monoisotopic (exact) mass is 373 g/mol. The van der Waals surface area contributed by atoms with E-state index in [4.69, 9.17) is 0 Å². The number of aryl methyl sites for hydroxylation is 4. The van der Waals surface area contributed by atoms with Crippen molar-refractivity contribution in [1.82, 2.24) is 29.8 Å². The number of imidazole rings is 1. The van der Waals surface area contributed by atoms with Crippen LogP contribution in [0.2, 0.25) is 0 Å². The number of benzene rings is 1. The van der Waals surface area contributed by atoms with Crippen molar-refractivity contribution < 1.29 is 4.92 Å². The molecular formula is C16H19N7O2S. The highest BCUT2D eigenvalue weighted by Crippen LogP contribution is 2.25. The zero-order valence-electron chi connectivity index (χ0n) is 15.0. The van der Waals surface area contributed by atoms with Gasteiger partial charge in [-0.25, -0.2) is 9.55 Å². The van der Waals surface area contributed by atoms with Crippen molar-refractivity contribution in [2.75, 3.05) is 5.75 Å². The predicted molar refractivity (Wildman–Crippen MR) is 97.7 cm³/mol. The van der Waals surface area contributed by atoms with Crippen LogP contribution in [0.25, 0.3) is 5.69 Å². The molecule has 2 heterocycles. The van der Waals surface area contributed by atoms with E-state index in [1.807, 2.05) is 13.8 Å². The zero-order chi connectivity index (χ0) is 18.8. The first-order valence-electron chi connectivity index (χ1n) is 8.04. The molecule has 136 valence electrons. The number of thioether (sulfide) groups is 1. The van der Waals surface area contributed by atoms with Crippen LogP contribution in [0.5, 0.6) is 0 Å². The van der Waals surface area contributed by atoms with Crippen LogP contribution in [0.3, 0.4) is 0 Å². The van der Waals surface area contributed by atoms with Gasteiger partial charge in [-0.05, 0) is 47.2 Å². The van der Waals surface area contributed by atoms with Crippen molar-refractivity contribution >= 4 is 17.6 Å². The van der Waals surface area contributed by atoms with Gasteiger partial charge in [0.1, 0.15) is 12.7 Å². The Labute approximate surface area is 154 Å². The highest BCUT2D eigenvalue weighted by atomic mass is 32.2. The normalized spacial score (nSPS) is 11.1. The van der Waals surface area contributed by atoms with Gasteiger partial charge in [-0.2, -0.15) is 4.68 Å². The smallest absolute Gasteiger partial charge is 0.342 e. The van der Waals surface area contributed by atoms with Crippen molar-refractivity contribution in [2.24, 2.45) is 0 Å². The fourth-order valence-corrected chi connectivity index (χ4v) is 3.82. The van der Waals surface area contributed by atoms with E-state index in [1.54, 1.807) is 16.2 Å². The maximum absolute atomic E-state index is 11.1. The summed E-state index contributed by atoms with van der Waals surface area (Å²) in [6.07, 6.45) is 1.28. The largest absolute Gasteiger partial charge is 0.358 e. The van der Waals surface area contributed by atoms with Crippen molar-refractivity contribution in [2.45, 2.75) is 39.4 Å². The van der Waals surface area contributed by atoms with Crippen LogP contribution in [-0.2, 0) is 6.54 Å². The molecule has 0 unspecified atom stereocenters. The maximum atomic E-state index is 11.1. The Morgan fingerprint density at radius 2 is 1.88 bits per heavy atom. The Hall–Kier alpha value is -2.75. The van der Waals surface area contributed by atoms with Crippen LogP contribution >= 0.6 is 11.8 Å². The maximum Gasteiger partial charge on any atom is 0.342 e. The molecule has 26 heavy (non-hydrogen) atoms. The van der Waals surface area contributed by atoms with E-state index in [1.165, 1.54) is 23.5 Å². The van der Waals surface area contributed by atoms with Crippen molar-refractivity contribution in [1.29, 1.82) is 0 Å². The molecule has 0 saturated carbocycles. The van der Waals surface area contributed by atoms with E-state index in [9.17, 15) is 10.1 Å². The van der Waals surface area contributed by atoms with Gasteiger partial charge >= 0.3 is 5.82 Å². The minimum Gasteiger partial charge on any atom is -0.358 e. The van der Waals surface area contributed by atoms with E-state index in [0.29, 0.717) is 23.3 Å². The highest BCUT2D eigenvalue weighted by Gasteiger charge is 2.18. The average molecular weight is 373 g/mol. The standard InChI is InChI=1S/C16H19N7O2S/c1-10-7-11(2)15(12(3)8-10)22-16(18-19-20-22)26-6-5-21-13(4)17-9-14(21)23(24)25/h7-9H,5-6H2,1-4H3. The molecule has 0 bridgehead atoms. The molecule has 9 nitrogen and oxygen atoms in total. The number of rotatable bonds is 6. The molecule has 0 atom stereocenters. The van der Waals surface area contributed by atoms with Crippen LogP contribution in [0, 0.1) is 37.8 Å². The van der Waals surface area contributed by atoms with Gasteiger partial charge in [-0.1, -0.05) is 29.5 Å². The molecule has 0 N–H and O–H groups in total. The minimum absolute atomic E-state index is 0.00656. The molecule has 10 heteroatoms. The fraction of sp³-hybridized carbons (Fsp3) is 0.375. The predicted octanol–water partition coefficient (Wildman–Crippen LogP) is 2.79. The number of tetrazole rings is 1. The van der Waals surface area contributed by atoms with Crippen LogP contribution in [-0.4, -0.2) is 40.4 Å². The van der Waals surface area contributed by atoms with Crippen LogP contribution in [0.15, 0.2) is 23.5 Å². The average Bonchev–Trinajstić information content (AvgIpc) is 3.14. The van der Waals surface area contributed by atoms with Crippen LogP contribution < -0.4 is 0 Å². The first-order valence-corrected chi connectivity index (χ1v) is 9.03. The van der Waals surface area contributed by atoms with E-state index in [2.05, 4.69) is 39.6 Å². The summed E-state index contributed by atoms with van der Waals surface area (Å²) in [7, 11) is 0. The van der Waals surface area contributed by atoms with Crippen molar-refractivity contribution in [3.8, 4) is 5.69 Å². The molecule has 3 rings (SSSR count). The van der Waals surface area contributed by atoms with Gasteiger partial charge < -0.3 is 10.1 Å². The molecule has 0 aliphatic carbocycles. The van der Waals surface area contributed by atoms with E-state index in [-0.39, 0.29) is 5.82 Å². The summed E-state index contributed by atoms with van der Waals surface area (Å²) in [5, 5.41) is 23.7. The molecule has 0 amide bonds. The third kappa shape index (κ3) is 3.45. The molecule has 0 fully saturated rings. The summed E-state index contributed by atoms with van der Waals surface area (Å²) in [5.41, 5.74) is 4.34. The number of aromatic nitrogens is 6. The topological polar surface area (TPSA) is 105 Å². The van der Waals surface area contributed by atoms with Gasteiger partial charge in [0, 0.05) is 12.7 Å². The summed E-state index contributed by atoms with van der Waals surface area (Å²) in [4.78, 5) is 14.7. The molecule has 0 spiro atoms. The van der Waals surface area contributed by atoms with Gasteiger partial charge in [0.2, 0.25) is 5.16 Å². The number of nitrogens with zero attached hydrogens (tertiary/aromatic N) is 7. The molecule has 2 aromatic heterocycles. The lowest BCUT2D eigenvalue weighted by Crippen LogP contribution is -2.08. The Balaban J connectivity index is 1.79. The number of nitro groups is 1. The lowest BCUT2D eigenvalue weighted by atomic mass is 10.1. The third-order valence-corrected chi connectivity index (χ3v) is 4.95. The highest BCUT2D eigenvalue weighted by molar-refractivity contribution is 7.99. The molecule has 0 aliphatic rings. The first-order chi connectivity index (χ1) is 12.4. The second kappa shape index (κ2) is 7.24. The fourth-order valence-electron chi connectivity index (χ4n) is 3.02. The second-order valence-corrected chi connectivity index (χ2v) is 7.10. The molecule has 3 aromatic rings. The zero-order valence-corrected chi connectivity index (χ0v) is 15.8. The minimum atomic E-state index is -0.423. The molecule has 0 saturated heterocycles. The Kier molecular flexibility index (Phi) is 5.03. The van der Waals surface area contributed by atoms with Gasteiger partial charge in [0.15, 0.2) is 5.82 Å². The Morgan fingerprint density at radius 1 is 1.19 bits per heavy atom. The number of hydrogen-bond acceptors (Lipinski definition) is 7. The molecule has 1 aromatic carbocycles. The van der Waals surface area contributed by atoms with E-state index in [0.717, 1.165) is 16.8 Å². The van der Waals surface area contributed by atoms with Crippen LogP contribution in [0.1, 0.15) is 22.5 Å². The van der Waals surface area contributed by atoms with E-state index >= 15 is 0 Å². The number of hydrogen-bond donors (Lipinski definition) is 0. The van der Waals surface area contributed by atoms with Crippen molar-refractivity contribution in [3.63, 3.8) is 0 Å². The second-order valence-electron chi connectivity index (χ2n) is 6.04. The summed E-state index contributed by atoms with van der Waals surface area (Å²) < 4.78 is 3.31. The lowest BCUT2D eigenvalue weighted by Gasteiger charge is -2.12. The summed E-state index contributed by atoms with van der Waals surface area (Å²) in [5.74, 6) is 1.19. The van der Waals surface area contributed by atoms with Crippen molar-refractivity contribution in [3.05, 3.63) is 51.0 Å². The molecule has 0 aliphatic heterocycles. The van der Waals surface area contributed by atoms with Gasteiger partial charge in [0.05, 0.1) is 5.69 Å². The van der Waals surface area contributed by atoms with Gasteiger partial charge in [0.25, 0.3) is 0 Å². The Bertz CT molecular complexity index is 940. The molecular weight excluding hydrogens is 354 g/mol. The third-order valence-electron chi connectivity index (χ3n) is 4.06. The lowest BCUT2D eigenvalue weighted by molar-refractivity contribution is -0.392. The summed E-state index contributed by atoms with van der Waals surface area (Å²) >= 11 is 1.45. The van der Waals surface area contributed by atoms with Gasteiger partial charge in [-0.15, -0.1) is 5.10 Å². The molecule has 0 radical (unpaired) electrons. The van der Waals surface area contributed by atoms with E-state index < -0.39 is 4.92 Å². The SMILES string of the molecule is Cc1cc(C)c(-n2nnnc2SCCn2c([N+](=O)[O-])cnc2C)c(C)c1. The van der Waals surface area contributed by atoms with Crippen LogP contribution in [0.4, 0.5) is 5.82 Å². The first kappa shape index (κ1) is 18.1.